The standard InChI is InChI=1S/C27H36F6O5S2/c28-25(29,27(32,33)40(35,36)37)26(30,31)39(34)38-24-22(19-12-6-2-7-13-19)16-21(18-10-4-1-5-11-18)17-23(24)20-14-8-3-9-15-20/h16-20H,1-15H2,(H,35,36,37). The number of benzene rings is 1. The fraction of sp³-hybridized carbons (Fsp3) is 0.778. The van der Waals surface area contributed by atoms with Gasteiger partial charge in [0.05, 0.1) is 0 Å². The summed E-state index contributed by atoms with van der Waals surface area (Å²) in [5.41, 5.74) is 1.93. The van der Waals surface area contributed by atoms with Crippen molar-refractivity contribution in [1.29, 1.82) is 0 Å². The summed E-state index contributed by atoms with van der Waals surface area (Å²) in [5, 5.41) is -12.8. The summed E-state index contributed by atoms with van der Waals surface area (Å²) < 4.78 is 134. The number of halogens is 6. The van der Waals surface area contributed by atoms with Crippen LogP contribution in [0.5, 0.6) is 5.75 Å². The fourth-order valence-electron chi connectivity index (χ4n) is 6.46. The summed E-state index contributed by atoms with van der Waals surface area (Å²) in [6, 6.07) is 3.65. The van der Waals surface area contributed by atoms with Crippen LogP contribution in [0.4, 0.5) is 26.3 Å². The van der Waals surface area contributed by atoms with Gasteiger partial charge in [-0.2, -0.15) is 34.8 Å². The maximum Gasteiger partial charge on any atom is 0.439 e. The van der Waals surface area contributed by atoms with Crippen LogP contribution in [0.15, 0.2) is 12.1 Å². The second-order valence-electron chi connectivity index (χ2n) is 11.4. The number of hydrogen-bond acceptors (Lipinski definition) is 4. The SMILES string of the molecule is O=S(Oc1c(C2CCCCC2)cc(C2CCCCC2)cc1C1CCCCC1)C(F)(F)C(F)(F)C(F)(F)S(=O)(=O)O. The molecule has 1 N–H and O–H groups in total. The molecule has 0 bridgehead atoms. The van der Waals surface area contributed by atoms with Gasteiger partial charge in [0.15, 0.2) is 0 Å². The molecule has 0 saturated heterocycles. The van der Waals surface area contributed by atoms with Crippen LogP contribution in [0, 0.1) is 0 Å². The van der Waals surface area contributed by atoms with E-state index in [1.54, 1.807) is 0 Å². The highest BCUT2D eigenvalue weighted by molar-refractivity contribution is 7.87. The Morgan fingerprint density at radius 3 is 1.45 bits per heavy atom. The molecular formula is C27H36F6O5S2. The zero-order valence-corrected chi connectivity index (χ0v) is 23.8. The second-order valence-corrected chi connectivity index (χ2v) is 14.0. The first-order valence-electron chi connectivity index (χ1n) is 14.1. The zero-order chi connectivity index (χ0) is 29.3. The Balaban J connectivity index is 1.82. The third kappa shape index (κ3) is 6.07. The molecule has 4 rings (SSSR count). The minimum atomic E-state index is -6.97. The molecule has 1 aromatic carbocycles. The number of alkyl halides is 6. The summed E-state index contributed by atoms with van der Waals surface area (Å²) in [4.78, 5) is 0. The lowest BCUT2D eigenvalue weighted by Crippen LogP contribution is -2.59. The van der Waals surface area contributed by atoms with E-state index in [0.29, 0.717) is 36.8 Å². The van der Waals surface area contributed by atoms with Gasteiger partial charge in [-0.15, -0.1) is 0 Å². The normalized spacial score (nSPS) is 22.3. The molecule has 0 amide bonds. The lowest BCUT2D eigenvalue weighted by atomic mass is 9.75. The molecule has 3 saturated carbocycles. The average Bonchev–Trinajstić information content (AvgIpc) is 2.93. The van der Waals surface area contributed by atoms with Gasteiger partial charge in [-0.3, -0.25) is 4.55 Å². The quantitative estimate of drug-likeness (QED) is 0.222. The van der Waals surface area contributed by atoms with Crippen molar-refractivity contribution in [3.63, 3.8) is 0 Å². The van der Waals surface area contributed by atoms with Crippen molar-refractivity contribution in [2.75, 3.05) is 0 Å². The van der Waals surface area contributed by atoms with Crippen molar-refractivity contribution in [1.82, 2.24) is 0 Å². The van der Waals surface area contributed by atoms with Crippen LogP contribution >= 0.6 is 0 Å². The molecule has 3 aliphatic rings. The van der Waals surface area contributed by atoms with Gasteiger partial charge in [-0.1, -0.05) is 69.9 Å². The van der Waals surface area contributed by atoms with Crippen LogP contribution in [0.1, 0.15) is 131 Å². The minimum absolute atomic E-state index is 0.181. The predicted molar refractivity (Wildman–Crippen MR) is 139 cm³/mol. The van der Waals surface area contributed by atoms with Crippen LogP contribution < -0.4 is 4.18 Å². The van der Waals surface area contributed by atoms with Gasteiger partial charge in [0.1, 0.15) is 5.75 Å². The van der Waals surface area contributed by atoms with Crippen LogP contribution in [0.3, 0.4) is 0 Å². The molecule has 1 unspecified atom stereocenters. The molecule has 40 heavy (non-hydrogen) atoms. The Morgan fingerprint density at radius 1 is 0.700 bits per heavy atom. The van der Waals surface area contributed by atoms with E-state index in [1.807, 2.05) is 12.1 Å². The molecule has 0 heterocycles. The zero-order valence-electron chi connectivity index (χ0n) is 22.2. The van der Waals surface area contributed by atoms with Crippen molar-refractivity contribution >= 4 is 21.2 Å². The Kier molecular flexibility index (Phi) is 9.56. The Bertz CT molecular complexity index is 1130. The van der Waals surface area contributed by atoms with Gasteiger partial charge in [-0.05, 0) is 73.0 Å². The van der Waals surface area contributed by atoms with E-state index in [-0.39, 0.29) is 23.5 Å². The fourth-order valence-corrected chi connectivity index (χ4v) is 7.77. The van der Waals surface area contributed by atoms with Crippen LogP contribution in [0.2, 0.25) is 0 Å². The molecule has 0 radical (unpaired) electrons. The van der Waals surface area contributed by atoms with Crippen molar-refractivity contribution in [3.8, 4) is 5.75 Å². The van der Waals surface area contributed by atoms with Gasteiger partial charge < -0.3 is 4.18 Å². The van der Waals surface area contributed by atoms with E-state index in [4.69, 9.17) is 8.74 Å². The minimum Gasteiger partial charge on any atom is -0.395 e. The molecule has 0 spiro atoms. The van der Waals surface area contributed by atoms with Gasteiger partial charge in [0, 0.05) is 0 Å². The topological polar surface area (TPSA) is 80.7 Å². The van der Waals surface area contributed by atoms with Crippen molar-refractivity contribution in [2.45, 2.75) is 130 Å². The summed E-state index contributed by atoms with van der Waals surface area (Å²) in [6.07, 6.45) is 13.1. The molecule has 13 heteroatoms. The summed E-state index contributed by atoms with van der Waals surface area (Å²) in [5.74, 6) is -7.11. The number of rotatable bonds is 9. The summed E-state index contributed by atoms with van der Waals surface area (Å²) in [6.45, 7) is 0. The van der Waals surface area contributed by atoms with Crippen LogP contribution in [-0.2, 0) is 21.2 Å². The van der Waals surface area contributed by atoms with E-state index in [1.165, 1.54) is 0 Å². The summed E-state index contributed by atoms with van der Waals surface area (Å²) in [7, 11) is -6.97. The van der Waals surface area contributed by atoms with E-state index in [9.17, 15) is 39.0 Å². The molecule has 0 aromatic heterocycles. The maximum absolute atomic E-state index is 14.8. The van der Waals surface area contributed by atoms with E-state index in [2.05, 4.69) is 0 Å². The van der Waals surface area contributed by atoms with Crippen molar-refractivity contribution in [3.05, 3.63) is 28.8 Å². The Hall–Kier alpha value is -1.34. The molecule has 0 aliphatic heterocycles. The third-order valence-electron chi connectivity index (χ3n) is 8.76. The predicted octanol–water partition coefficient (Wildman–Crippen LogP) is 8.58. The van der Waals surface area contributed by atoms with Crippen molar-refractivity contribution in [2.24, 2.45) is 0 Å². The van der Waals surface area contributed by atoms with Crippen LogP contribution in [0.25, 0.3) is 0 Å². The highest BCUT2D eigenvalue weighted by Gasteiger charge is 2.81. The molecule has 228 valence electrons. The van der Waals surface area contributed by atoms with E-state index < -0.39 is 37.6 Å². The Labute approximate surface area is 233 Å². The lowest BCUT2D eigenvalue weighted by Gasteiger charge is -2.33. The Morgan fingerprint density at radius 2 is 1.07 bits per heavy atom. The van der Waals surface area contributed by atoms with Gasteiger partial charge in [0.25, 0.3) is 11.1 Å². The largest absolute Gasteiger partial charge is 0.439 e. The highest BCUT2D eigenvalue weighted by Crippen LogP contribution is 2.52. The number of hydrogen-bond donors (Lipinski definition) is 1. The molecule has 5 nitrogen and oxygen atoms in total. The summed E-state index contributed by atoms with van der Waals surface area (Å²) >= 11 is -4.41. The van der Waals surface area contributed by atoms with Crippen LogP contribution in [-0.4, -0.2) is 33.6 Å². The maximum atomic E-state index is 14.8. The smallest absolute Gasteiger partial charge is 0.395 e. The molecular weight excluding hydrogens is 582 g/mol. The van der Waals surface area contributed by atoms with E-state index in [0.717, 1.165) is 76.2 Å². The van der Waals surface area contributed by atoms with Gasteiger partial charge in [-0.25, -0.2) is 4.21 Å². The second kappa shape index (κ2) is 12.1. The highest BCUT2D eigenvalue weighted by atomic mass is 32.2. The first-order valence-corrected chi connectivity index (χ1v) is 16.6. The lowest BCUT2D eigenvalue weighted by molar-refractivity contribution is -0.245. The first-order chi connectivity index (χ1) is 18.7. The molecule has 1 atom stereocenters. The molecule has 3 fully saturated rings. The van der Waals surface area contributed by atoms with Gasteiger partial charge in [0.2, 0.25) is 0 Å². The van der Waals surface area contributed by atoms with Gasteiger partial charge >= 0.3 is 26.5 Å². The van der Waals surface area contributed by atoms with E-state index >= 15 is 0 Å². The molecule has 3 aliphatic carbocycles. The monoisotopic (exact) mass is 618 g/mol. The average molecular weight is 619 g/mol. The molecule has 1 aromatic rings. The van der Waals surface area contributed by atoms with Crippen molar-refractivity contribution < 1.29 is 47.7 Å². The third-order valence-corrected chi connectivity index (χ3v) is 10.7. The first kappa shape index (κ1) is 31.6.